The van der Waals surface area contributed by atoms with Gasteiger partial charge in [-0.15, -0.1) is 0 Å². The van der Waals surface area contributed by atoms with Crippen LogP contribution in [0.1, 0.15) is 44.5 Å². The summed E-state index contributed by atoms with van der Waals surface area (Å²) in [6, 6.07) is 7.04. The molecule has 1 N–H and O–H groups in total. The van der Waals surface area contributed by atoms with Crippen LogP contribution >= 0.6 is 0 Å². The molecule has 0 amide bonds. The number of aryl methyl sites for hydroxylation is 1. The van der Waals surface area contributed by atoms with E-state index in [1.54, 1.807) is 0 Å². The van der Waals surface area contributed by atoms with Gasteiger partial charge in [0.05, 0.1) is 5.69 Å². The number of likely N-dealkylation sites (tertiary alicyclic amines) is 1. The summed E-state index contributed by atoms with van der Waals surface area (Å²) in [6.45, 7) is 11.2. The first-order valence-electron chi connectivity index (χ1n) is 8.11. The molecule has 2 atom stereocenters. The van der Waals surface area contributed by atoms with Crippen LogP contribution in [-0.4, -0.2) is 35.6 Å². The summed E-state index contributed by atoms with van der Waals surface area (Å²) in [5.41, 5.74) is 2.33. The summed E-state index contributed by atoms with van der Waals surface area (Å²) in [7, 11) is 0. The number of nitrogens with one attached hydrogen (secondary N) is 1. The van der Waals surface area contributed by atoms with Crippen molar-refractivity contribution in [3.8, 4) is 0 Å². The standard InChI is InChI=1S/C17H29N3/c1-4-10-18-17-9-11-20(12-15(17)5-2)13-16-8-6-7-14(3)19-16/h6-8,15,17-18H,4-5,9-13H2,1-3H3. The highest BCUT2D eigenvalue weighted by Crippen LogP contribution is 2.21. The van der Waals surface area contributed by atoms with Crippen LogP contribution in [0.3, 0.4) is 0 Å². The smallest absolute Gasteiger partial charge is 0.0547 e. The van der Waals surface area contributed by atoms with Gasteiger partial charge in [-0.25, -0.2) is 0 Å². The van der Waals surface area contributed by atoms with Crippen LogP contribution in [0.2, 0.25) is 0 Å². The Hall–Kier alpha value is -0.930. The number of hydrogen-bond donors (Lipinski definition) is 1. The molecule has 0 aromatic carbocycles. The van der Waals surface area contributed by atoms with Crippen molar-refractivity contribution < 1.29 is 0 Å². The Morgan fingerprint density at radius 3 is 2.90 bits per heavy atom. The van der Waals surface area contributed by atoms with E-state index in [-0.39, 0.29) is 0 Å². The molecule has 2 heterocycles. The lowest BCUT2D eigenvalue weighted by Gasteiger charge is -2.38. The molecule has 1 aromatic rings. The Labute approximate surface area is 123 Å². The average Bonchev–Trinajstić information content (AvgIpc) is 2.46. The molecule has 0 saturated carbocycles. The van der Waals surface area contributed by atoms with Crippen molar-refractivity contribution in [2.75, 3.05) is 19.6 Å². The molecule has 2 rings (SSSR count). The minimum absolute atomic E-state index is 0.710. The van der Waals surface area contributed by atoms with E-state index in [9.17, 15) is 0 Å². The number of piperidine rings is 1. The molecule has 1 aliphatic heterocycles. The normalized spacial score (nSPS) is 23.9. The van der Waals surface area contributed by atoms with Crippen LogP contribution < -0.4 is 5.32 Å². The predicted molar refractivity (Wildman–Crippen MR) is 84.7 cm³/mol. The SMILES string of the molecule is CCCNC1CCN(Cc2cccc(C)n2)CC1CC. The lowest BCUT2D eigenvalue weighted by Crippen LogP contribution is -2.49. The Kier molecular flexibility index (Phi) is 5.99. The van der Waals surface area contributed by atoms with Gasteiger partial charge in [0.1, 0.15) is 0 Å². The molecule has 0 spiro atoms. The van der Waals surface area contributed by atoms with Crippen LogP contribution in [0.15, 0.2) is 18.2 Å². The molecule has 2 unspecified atom stereocenters. The molecule has 1 aromatic heterocycles. The highest BCUT2D eigenvalue weighted by atomic mass is 15.2. The minimum Gasteiger partial charge on any atom is -0.314 e. The molecule has 1 saturated heterocycles. The number of nitrogens with zero attached hydrogens (tertiary/aromatic N) is 2. The number of aromatic nitrogens is 1. The summed E-state index contributed by atoms with van der Waals surface area (Å²) in [5, 5.41) is 3.72. The predicted octanol–water partition coefficient (Wildman–Crippen LogP) is 2.99. The van der Waals surface area contributed by atoms with Crippen LogP contribution in [0, 0.1) is 12.8 Å². The van der Waals surface area contributed by atoms with E-state index in [2.05, 4.69) is 54.2 Å². The Morgan fingerprint density at radius 1 is 1.35 bits per heavy atom. The summed E-state index contributed by atoms with van der Waals surface area (Å²) in [6.07, 6.45) is 3.76. The zero-order valence-corrected chi connectivity index (χ0v) is 13.2. The van der Waals surface area contributed by atoms with Crippen molar-refractivity contribution in [3.05, 3.63) is 29.6 Å². The van der Waals surface area contributed by atoms with Gasteiger partial charge in [0.2, 0.25) is 0 Å². The highest BCUT2D eigenvalue weighted by Gasteiger charge is 2.27. The zero-order valence-electron chi connectivity index (χ0n) is 13.2. The second-order valence-electron chi connectivity index (χ2n) is 6.02. The van der Waals surface area contributed by atoms with E-state index in [0.29, 0.717) is 6.04 Å². The molecule has 112 valence electrons. The van der Waals surface area contributed by atoms with E-state index < -0.39 is 0 Å². The monoisotopic (exact) mass is 275 g/mol. The topological polar surface area (TPSA) is 28.2 Å². The fraction of sp³-hybridized carbons (Fsp3) is 0.706. The molecule has 1 aliphatic rings. The second kappa shape index (κ2) is 7.75. The second-order valence-corrected chi connectivity index (χ2v) is 6.02. The molecule has 20 heavy (non-hydrogen) atoms. The molecule has 3 heteroatoms. The van der Waals surface area contributed by atoms with Gasteiger partial charge in [-0.05, 0) is 44.4 Å². The van der Waals surface area contributed by atoms with Gasteiger partial charge in [-0.1, -0.05) is 26.3 Å². The third-order valence-electron chi connectivity index (χ3n) is 4.33. The van der Waals surface area contributed by atoms with Crippen LogP contribution in [-0.2, 0) is 6.54 Å². The van der Waals surface area contributed by atoms with E-state index >= 15 is 0 Å². The number of hydrogen-bond acceptors (Lipinski definition) is 3. The van der Waals surface area contributed by atoms with Gasteiger partial charge >= 0.3 is 0 Å². The average molecular weight is 275 g/mol. The first-order valence-corrected chi connectivity index (χ1v) is 8.11. The third-order valence-corrected chi connectivity index (χ3v) is 4.33. The molecular formula is C17H29N3. The first-order chi connectivity index (χ1) is 9.72. The first kappa shape index (κ1) is 15.5. The number of rotatable bonds is 6. The van der Waals surface area contributed by atoms with E-state index in [1.807, 2.05) is 0 Å². The van der Waals surface area contributed by atoms with Crippen LogP contribution in [0.25, 0.3) is 0 Å². The van der Waals surface area contributed by atoms with Gasteiger partial charge in [-0.3, -0.25) is 9.88 Å². The Balaban J connectivity index is 1.89. The largest absolute Gasteiger partial charge is 0.314 e. The maximum atomic E-state index is 4.63. The minimum atomic E-state index is 0.710. The van der Waals surface area contributed by atoms with Crippen molar-refractivity contribution in [3.63, 3.8) is 0 Å². The van der Waals surface area contributed by atoms with Gasteiger partial charge in [0.15, 0.2) is 0 Å². The van der Waals surface area contributed by atoms with Gasteiger partial charge in [-0.2, -0.15) is 0 Å². The third kappa shape index (κ3) is 4.29. The summed E-state index contributed by atoms with van der Waals surface area (Å²) in [5.74, 6) is 0.778. The lowest BCUT2D eigenvalue weighted by molar-refractivity contribution is 0.127. The highest BCUT2D eigenvalue weighted by molar-refractivity contribution is 5.10. The molecule has 3 nitrogen and oxygen atoms in total. The van der Waals surface area contributed by atoms with Crippen molar-refractivity contribution in [2.45, 2.75) is 52.6 Å². The number of pyridine rings is 1. The van der Waals surface area contributed by atoms with Gasteiger partial charge in [0.25, 0.3) is 0 Å². The van der Waals surface area contributed by atoms with Crippen molar-refractivity contribution in [1.29, 1.82) is 0 Å². The fourth-order valence-electron chi connectivity index (χ4n) is 3.18. The summed E-state index contributed by atoms with van der Waals surface area (Å²) >= 11 is 0. The van der Waals surface area contributed by atoms with Crippen LogP contribution in [0.5, 0.6) is 0 Å². The Morgan fingerprint density at radius 2 is 2.20 bits per heavy atom. The van der Waals surface area contributed by atoms with Crippen molar-refractivity contribution >= 4 is 0 Å². The lowest BCUT2D eigenvalue weighted by atomic mass is 9.89. The van der Waals surface area contributed by atoms with Gasteiger partial charge < -0.3 is 5.32 Å². The zero-order chi connectivity index (χ0) is 14.4. The van der Waals surface area contributed by atoms with Crippen molar-refractivity contribution in [2.24, 2.45) is 5.92 Å². The Bertz CT molecular complexity index is 405. The van der Waals surface area contributed by atoms with E-state index in [0.717, 1.165) is 24.7 Å². The van der Waals surface area contributed by atoms with Crippen molar-refractivity contribution in [1.82, 2.24) is 15.2 Å². The molecule has 0 radical (unpaired) electrons. The summed E-state index contributed by atoms with van der Waals surface area (Å²) < 4.78 is 0. The maximum Gasteiger partial charge on any atom is 0.0547 e. The molecular weight excluding hydrogens is 246 g/mol. The fourth-order valence-corrected chi connectivity index (χ4v) is 3.18. The molecule has 0 bridgehead atoms. The van der Waals surface area contributed by atoms with E-state index in [4.69, 9.17) is 0 Å². The molecule has 0 aliphatic carbocycles. The molecule has 1 fully saturated rings. The quantitative estimate of drug-likeness (QED) is 0.865. The van der Waals surface area contributed by atoms with E-state index in [1.165, 1.54) is 38.0 Å². The summed E-state index contributed by atoms with van der Waals surface area (Å²) in [4.78, 5) is 7.20. The maximum absolute atomic E-state index is 4.63. The van der Waals surface area contributed by atoms with Gasteiger partial charge in [0, 0.05) is 31.4 Å². The van der Waals surface area contributed by atoms with Crippen LogP contribution in [0.4, 0.5) is 0 Å².